The van der Waals surface area contributed by atoms with Gasteiger partial charge in [0.1, 0.15) is 5.82 Å². The number of nitrogens with zero attached hydrogens (tertiary/aromatic N) is 3. The van der Waals surface area contributed by atoms with Gasteiger partial charge in [0.05, 0.1) is 0 Å². The van der Waals surface area contributed by atoms with Crippen LogP contribution in [-0.4, -0.2) is 42.3 Å². The van der Waals surface area contributed by atoms with Crippen LogP contribution in [0.1, 0.15) is 0 Å². The summed E-state index contributed by atoms with van der Waals surface area (Å²) in [5.74, 6) is 0.833. The quantitative estimate of drug-likeness (QED) is 0.705. The van der Waals surface area contributed by atoms with E-state index in [2.05, 4.69) is 20.4 Å². The molecule has 0 atom stereocenters. The largest absolute Gasteiger partial charge is 0.367 e. The Kier molecular flexibility index (Phi) is 3.47. The topological polar surface area (TPSA) is 41.0 Å². The van der Waals surface area contributed by atoms with Crippen molar-refractivity contribution in [3.8, 4) is 0 Å². The van der Waals surface area contributed by atoms with Crippen LogP contribution in [0.4, 0.5) is 5.82 Å². The van der Waals surface area contributed by atoms with Crippen LogP contribution in [0, 0.1) is 0 Å². The van der Waals surface area contributed by atoms with Gasteiger partial charge in [-0.1, -0.05) is 0 Å². The van der Waals surface area contributed by atoms with Gasteiger partial charge >= 0.3 is 0 Å². The molecule has 1 heterocycles. The van der Waals surface area contributed by atoms with Crippen molar-refractivity contribution < 1.29 is 0 Å². The van der Waals surface area contributed by atoms with E-state index in [1.165, 1.54) is 0 Å². The van der Waals surface area contributed by atoms with Gasteiger partial charge in [-0.25, -0.2) is 0 Å². The number of rotatable bonds is 4. The average molecular weight is 166 g/mol. The van der Waals surface area contributed by atoms with Gasteiger partial charge in [0.15, 0.2) is 0 Å². The van der Waals surface area contributed by atoms with E-state index in [0.717, 1.165) is 18.9 Å². The molecule has 4 nitrogen and oxygen atoms in total. The summed E-state index contributed by atoms with van der Waals surface area (Å²) in [5.41, 5.74) is 0. The van der Waals surface area contributed by atoms with E-state index in [1.54, 1.807) is 6.20 Å². The Balaban J connectivity index is 2.25. The van der Waals surface area contributed by atoms with Crippen LogP contribution in [0.25, 0.3) is 0 Å². The summed E-state index contributed by atoms with van der Waals surface area (Å²) in [5, 5.41) is 10.8. The molecule has 1 aromatic rings. The molecule has 1 rings (SSSR count). The molecule has 0 saturated heterocycles. The summed E-state index contributed by atoms with van der Waals surface area (Å²) in [6.07, 6.45) is 1.66. The van der Waals surface area contributed by atoms with Gasteiger partial charge in [0.25, 0.3) is 0 Å². The minimum Gasteiger partial charge on any atom is -0.367 e. The Bertz CT molecular complexity index is 210. The van der Waals surface area contributed by atoms with Crippen LogP contribution in [0.5, 0.6) is 0 Å². The molecule has 4 heteroatoms. The highest BCUT2D eigenvalue weighted by Crippen LogP contribution is 1.95. The Morgan fingerprint density at radius 1 is 1.50 bits per heavy atom. The van der Waals surface area contributed by atoms with Gasteiger partial charge in [-0.05, 0) is 26.2 Å². The fraction of sp³-hybridized carbons (Fsp3) is 0.500. The van der Waals surface area contributed by atoms with Crippen LogP contribution < -0.4 is 5.32 Å². The van der Waals surface area contributed by atoms with Gasteiger partial charge in [0, 0.05) is 19.3 Å². The molecule has 1 aromatic heterocycles. The first-order chi connectivity index (χ1) is 5.79. The van der Waals surface area contributed by atoms with Crippen molar-refractivity contribution in [1.29, 1.82) is 0 Å². The number of nitrogens with one attached hydrogen (secondary N) is 1. The molecule has 0 bridgehead atoms. The van der Waals surface area contributed by atoms with Gasteiger partial charge in [-0.3, -0.25) is 0 Å². The summed E-state index contributed by atoms with van der Waals surface area (Å²) in [6, 6.07) is 3.77. The zero-order chi connectivity index (χ0) is 8.81. The minimum absolute atomic E-state index is 0.833. The lowest BCUT2D eigenvalue weighted by molar-refractivity contribution is 0.425. The molecule has 0 aliphatic heterocycles. The maximum atomic E-state index is 3.90. The van der Waals surface area contributed by atoms with Crippen molar-refractivity contribution in [1.82, 2.24) is 15.1 Å². The molecule has 0 amide bonds. The smallest absolute Gasteiger partial charge is 0.148 e. The number of likely N-dealkylation sites (N-methyl/N-ethyl adjacent to an activating group) is 1. The molecule has 0 aromatic carbocycles. The predicted molar refractivity (Wildman–Crippen MR) is 49.1 cm³/mol. The molecular formula is C8H14N4. The van der Waals surface area contributed by atoms with Gasteiger partial charge in [-0.2, -0.15) is 5.10 Å². The van der Waals surface area contributed by atoms with Crippen molar-refractivity contribution in [3.05, 3.63) is 18.3 Å². The first-order valence-electron chi connectivity index (χ1n) is 3.95. The van der Waals surface area contributed by atoms with E-state index >= 15 is 0 Å². The summed E-state index contributed by atoms with van der Waals surface area (Å²) < 4.78 is 0. The van der Waals surface area contributed by atoms with Crippen molar-refractivity contribution in [2.75, 3.05) is 32.5 Å². The van der Waals surface area contributed by atoms with E-state index in [9.17, 15) is 0 Å². The molecule has 0 radical (unpaired) electrons. The van der Waals surface area contributed by atoms with E-state index in [-0.39, 0.29) is 0 Å². The summed E-state index contributed by atoms with van der Waals surface area (Å²) >= 11 is 0. The third kappa shape index (κ3) is 3.30. The number of hydrogen-bond donors (Lipinski definition) is 1. The molecule has 0 fully saturated rings. The third-order valence-electron chi connectivity index (χ3n) is 1.44. The summed E-state index contributed by atoms with van der Waals surface area (Å²) in [6.45, 7) is 1.89. The molecule has 66 valence electrons. The van der Waals surface area contributed by atoms with Crippen molar-refractivity contribution in [2.45, 2.75) is 0 Å². The number of hydrogen-bond acceptors (Lipinski definition) is 4. The average Bonchev–Trinajstić information content (AvgIpc) is 2.05. The fourth-order valence-electron chi connectivity index (χ4n) is 0.803. The second-order valence-electron chi connectivity index (χ2n) is 2.84. The summed E-state index contributed by atoms with van der Waals surface area (Å²) in [4.78, 5) is 2.11. The molecular weight excluding hydrogens is 152 g/mol. The van der Waals surface area contributed by atoms with Gasteiger partial charge in [0.2, 0.25) is 0 Å². The van der Waals surface area contributed by atoms with E-state index in [4.69, 9.17) is 0 Å². The number of anilines is 1. The zero-order valence-electron chi connectivity index (χ0n) is 7.49. The first kappa shape index (κ1) is 8.93. The van der Waals surface area contributed by atoms with Crippen LogP contribution in [0.2, 0.25) is 0 Å². The van der Waals surface area contributed by atoms with Gasteiger partial charge < -0.3 is 10.2 Å². The highest BCUT2D eigenvalue weighted by Gasteiger charge is 1.91. The summed E-state index contributed by atoms with van der Waals surface area (Å²) in [7, 11) is 4.08. The van der Waals surface area contributed by atoms with Crippen molar-refractivity contribution in [3.63, 3.8) is 0 Å². The van der Waals surface area contributed by atoms with E-state index < -0.39 is 0 Å². The Hall–Kier alpha value is -1.16. The number of aromatic nitrogens is 2. The SMILES string of the molecule is CN(C)CCNc1cccnn1. The molecule has 0 spiro atoms. The van der Waals surface area contributed by atoms with E-state index in [1.807, 2.05) is 26.2 Å². The van der Waals surface area contributed by atoms with E-state index in [0.29, 0.717) is 0 Å². The normalized spacial score (nSPS) is 10.2. The monoisotopic (exact) mass is 166 g/mol. The van der Waals surface area contributed by atoms with Gasteiger partial charge in [-0.15, -0.1) is 5.10 Å². The molecule has 1 N–H and O–H groups in total. The fourth-order valence-corrected chi connectivity index (χ4v) is 0.803. The standard InChI is InChI=1S/C8H14N4/c1-12(2)7-6-9-8-4-3-5-10-11-8/h3-5H,6-7H2,1-2H3,(H,9,11). The molecule has 0 unspecified atom stereocenters. The molecule has 0 saturated carbocycles. The zero-order valence-corrected chi connectivity index (χ0v) is 7.49. The van der Waals surface area contributed by atoms with Crippen LogP contribution >= 0.6 is 0 Å². The molecule has 12 heavy (non-hydrogen) atoms. The van der Waals surface area contributed by atoms with Crippen molar-refractivity contribution >= 4 is 5.82 Å². The molecule has 0 aliphatic carbocycles. The van der Waals surface area contributed by atoms with Crippen LogP contribution in [0.3, 0.4) is 0 Å². The second-order valence-corrected chi connectivity index (χ2v) is 2.84. The highest BCUT2D eigenvalue weighted by atomic mass is 15.2. The molecule has 0 aliphatic rings. The third-order valence-corrected chi connectivity index (χ3v) is 1.44. The first-order valence-corrected chi connectivity index (χ1v) is 3.95. The van der Waals surface area contributed by atoms with Crippen LogP contribution in [0.15, 0.2) is 18.3 Å². The Morgan fingerprint density at radius 3 is 2.92 bits per heavy atom. The van der Waals surface area contributed by atoms with Crippen LogP contribution in [-0.2, 0) is 0 Å². The maximum Gasteiger partial charge on any atom is 0.148 e. The Morgan fingerprint density at radius 2 is 2.33 bits per heavy atom. The lowest BCUT2D eigenvalue weighted by Gasteiger charge is -2.09. The Labute approximate surface area is 72.6 Å². The predicted octanol–water partition coefficient (Wildman–Crippen LogP) is 0.450. The van der Waals surface area contributed by atoms with Crippen molar-refractivity contribution in [2.24, 2.45) is 0 Å². The maximum absolute atomic E-state index is 3.90. The highest BCUT2D eigenvalue weighted by molar-refractivity contribution is 5.31. The lowest BCUT2D eigenvalue weighted by atomic mass is 10.5. The second kappa shape index (κ2) is 4.66. The minimum atomic E-state index is 0.833. The lowest BCUT2D eigenvalue weighted by Crippen LogP contribution is -2.21.